The first-order valence-corrected chi connectivity index (χ1v) is 10.1. The minimum atomic E-state index is -0.497. The number of halogens is 1. The molecule has 1 aromatic heterocycles. The smallest absolute Gasteiger partial charge is 0.270 e. The summed E-state index contributed by atoms with van der Waals surface area (Å²) in [4.78, 5) is 25.8. The van der Waals surface area contributed by atoms with Crippen LogP contribution in [0.3, 0.4) is 0 Å². The molecule has 2 N–H and O–H groups in total. The van der Waals surface area contributed by atoms with Crippen LogP contribution in [0.5, 0.6) is 0 Å². The van der Waals surface area contributed by atoms with Gasteiger partial charge in [0.05, 0.1) is 24.4 Å². The topological polar surface area (TPSA) is 131 Å². The van der Waals surface area contributed by atoms with Crippen LogP contribution in [-0.2, 0) is 4.74 Å². The molecule has 0 unspecified atom stereocenters. The minimum absolute atomic E-state index is 0.0834. The second-order valence-corrected chi connectivity index (χ2v) is 7.11. The monoisotopic (exact) mass is 454 g/mol. The summed E-state index contributed by atoms with van der Waals surface area (Å²) >= 11 is 6.11. The maximum Gasteiger partial charge on any atom is 0.270 e. The van der Waals surface area contributed by atoms with Crippen LogP contribution >= 0.6 is 11.6 Å². The average Bonchev–Trinajstić information content (AvgIpc) is 2.81. The first-order valence-electron chi connectivity index (χ1n) is 9.72. The van der Waals surface area contributed by atoms with Gasteiger partial charge in [-0.3, -0.25) is 10.1 Å². The van der Waals surface area contributed by atoms with E-state index in [2.05, 4.69) is 30.8 Å². The highest BCUT2D eigenvalue weighted by atomic mass is 35.5. The third-order valence-corrected chi connectivity index (χ3v) is 4.85. The normalized spacial score (nSPS) is 13.8. The summed E-state index contributed by atoms with van der Waals surface area (Å²) in [6, 6.07) is 13.6. The number of benzene rings is 2. The lowest BCUT2D eigenvalue weighted by molar-refractivity contribution is -0.384. The highest BCUT2D eigenvalue weighted by molar-refractivity contribution is 6.33. The van der Waals surface area contributed by atoms with Crippen LogP contribution in [0.2, 0.25) is 5.02 Å². The number of nitro groups is 1. The average molecular weight is 455 g/mol. The number of non-ortho nitro benzene ring substituents is 1. The molecule has 0 bridgehead atoms. The SMILES string of the molecule is O=[N+]([O-])c1ccc(Cl)c(/C=N/Nc2nc(Nc3ccccc3)nc(N3CCOCC3)n2)c1. The molecule has 1 saturated heterocycles. The van der Waals surface area contributed by atoms with Crippen molar-refractivity contribution in [1.82, 2.24) is 15.0 Å². The molecule has 0 atom stereocenters. The van der Waals surface area contributed by atoms with E-state index in [1.165, 1.54) is 24.4 Å². The van der Waals surface area contributed by atoms with Crippen LogP contribution in [0.25, 0.3) is 0 Å². The van der Waals surface area contributed by atoms with Gasteiger partial charge in [0.2, 0.25) is 17.8 Å². The third kappa shape index (κ3) is 5.45. The van der Waals surface area contributed by atoms with Crippen LogP contribution in [0.1, 0.15) is 5.56 Å². The number of hydrogen-bond donors (Lipinski definition) is 2. The Balaban J connectivity index is 1.58. The molecule has 2 heterocycles. The van der Waals surface area contributed by atoms with Crippen molar-refractivity contribution in [1.29, 1.82) is 0 Å². The lowest BCUT2D eigenvalue weighted by Crippen LogP contribution is -2.37. The highest BCUT2D eigenvalue weighted by Gasteiger charge is 2.17. The summed E-state index contributed by atoms with van der Waals surface area (Å²) in [7, 11) is 0. The Hall–Kier alpha value is -3.83. The van der Waals surface area contributed by atoms with Crippen LogP contribution in [0, 0.1) is 10.1 Å². The Morgan fingerprint density at radius 3 is 2.59 bits per heavy atom. The van der Waals surface area contributed by atoms with Gasteiger partial charge in [0, 0.05) is 41.5 Å². The predicted molar refractivity (Wildman–Crippen MR) is 122 cm³/mol. The van der Waals surface area contributed by atoms with Crippen molar-refractivity contribution < 1.29 is 9.66 Å². The predicted octanol–water partition coefficient (Wildman–Crippen LogP) is 3.46. The van der Waals surface area contributed by atoms with Gasteiger partial charge < -0.3 is 15.0 Å². The molecule has 1 fully saturated rings. The van der Waals surface area contributed by atoms with Gasteiger partial charge in [-0.2, -0.15) is 20.1 Å². The Kier molecular flexibility index (Phi) is 6.68. The lowest BCUT2D eigenvalue weighted by atomic mass is 10.2. The van der Waals surface area contributed by atoms with E-state index in [0.29, 0.717) is 48.8 Å². The summed E-state index contributed by atoms with van der Waals surface area (Å²) in [5.41, 5.74) is 3.88. The number of aromatic nitrogens is 3. The van der Waals surface area contributed by atoms with E-state index in [-0.39, 0.29) is 11.6 Å². The van der Waals surface area contributed by atoms with Crippen LogP contribution in [-0.4, -0.2) is 52.4 Å². The van der Waals surface area contributed by atoms with E-state index in [4.69, 9.17) is 16.3 Å². The summed E-state index contributed by atoms with van der Waals surface area (Å²) in [6.45, 7) is 2.47. The fourth-order valence-electron chi connectivity index (χ4n) is 2.93. The molecule has 2 aromatic carbocycles. The molecular formula is C20H19ClN8O3. The summed E-state index contributed by atoms with van der Waals surface area (Å²) in [5.74, 6) is 1.03. The minimum Gasteiger partial charge on any atom is -0.378 e. The van der Waals surface area contributed by atoms with E-state index in [0.717, 1.165) is 5.69 Å². The fourth-order valence-corrected chi connectivity index (χ4v) is 3.10. The van der Waals surface area contributed by atoms with Gasteiger partial charge in [0.15, 0.2) is 0 Å². The molecule has 164 valence electrons. The number of nitrogens with zero attached hydrogens (tertiary/aromatic N) is 6. The molecule has 12 heteroatoms. The number of nitrogens with one attached hydrogen (secondary N) is 2. The van der Waals surface area contributed by atoms with Crippen LogP contribution in [0.15, 0.2) is 53.6 Å². The quantitative estimate of drug-likeness (QED) is 0.313. The Bertz CT molecular complexity index is 1120. The number of ether oxygens (including phenoxy) is 1. The number of anilines is 4. The van der Waals surface area contributed by atoms with Crippen LogP contribution < -0.4 is 15.6 Å². The van der Waals surface area contributed by atoms with Gasteiger partial charge in [-0.15, -0.1) is 0 Å². The highest BCUT2D eigenvalue weighted by Crippen LogP contribution is 2.21. The van der Waals surface area contributed by atoms with E-state index in [1.54, 1.807) is 0 Å². The van der Waals surface area contributed by atoms with Gasteiger partial charge >= 0.3 is 0 Å². The van der Waals surface area contributed by atoms with Gasteiger partial charge in [0.25, 0.3) is 5.69 Å². The molecule has 3 aromatic rings. The van der Waals surface area contributed by atoms with Crippen molar-refractivity contribution >= 4 is 47.0 Å². The standard InChI is InChI=1S/C20H19ClN8O3/c21-17-7-6-16(29(30)31)12-14(17)13-22-27-19-24-18(23-15-4-2-1-3-5-15)25-20(26-19)28-8-10-32-11-9-28/h1-7,12-13H,8-11H2,(H2,23,24,25,26,27)/b22-13+. The van der Waals surface area contributed by atoms with Crippen molar-refractivity contribution in [2.45, 2.75) is 0 Å². The second-order valence-electron chi connectivity index (χ2n) is 6.71. The summed E-state index contributed by atoms with van der Waals surface area (Å²) in [6.07, 6.45) is 1.37. The molecule has 1 aliphatic rings. The molecular weight excluding hydrogens is 436 g/mol. The number of morpholine rings is 1. The van der Waals surface area contributed by atoms with E-state index >= 15 is 0 Å². The molecule has 0 radical (unpaired) electrons. The van der Waals surface area contributed by atoms with Crippen molar-refractivity contribution in [2.75, 3.05) is 41.9 Å². The van der Waals surface area contributed by atoms with Crippen molar-refractivity contribution in [3.63, 3.8) is 0 Å². The second kappa shape index (κ2) is 9.98. The zero-order chi connectivity index (χ0) is 22.3. The first kappa shape index (κ1) is 21.4. The van der Waals surface area contributed by atoms with Crippen molar-refractivity contribution in [2.24, 2.45) is 5.10 Å². The third-order valence-electron chi connectivity index (χ3n) is 4.51. The maximum atomic E-state index is 11.0. The Morgan fingerprint density at radius 2 is 1.84 bits per heavy atom. The number of rotatable bonds is 7. The number of nitro benzene ring substituents is 1. The van der Waals surface area contributed by atoms with Gasteiger partial charge in [-0.05, 0) is 18.2 Å². The van der Waals surface area contributed by atoms with Gasteiger partial charge in [0.1, 0.15) is 0 Å². The van der Waals surface area contributed by atoms with E-state index < -0.39 is 4.92 Å². The number of hydrogen-bond acceptors (Lipinski definition) is 10. The molecule has 0 spiro atoms. The van der Waals surface area contributed by atoms with E-state index in [1.807, 2.05) is 35.2 Å². The fraction of sp³-hybridized carbons (Fsp3) is 0.200. The molecule has 0 saturated carbocycles. The zero-order valence-electron chi connectivity index (χ0n) is 16.8. The van der Waals surface area contributed by atoms with Crippen molar-refractivity contribution in [3.8, 4) is 0 Å². The molecule has 11 nitrogen and oxygen atoms in total. The molecule has 0 aliphatic carbocycles. The first-order chi connectivity index (χ1) is 15.6. The van der Waals surface area contributed by atoms with E-state index in [9.17, 15) is 10.1 Å². The molecule has 4 rings (SSSR count). The number of hydrazone groups is 1. The summed E-state index contributed by atoms with van der Waals surface area (Å²) in [5, 5.41) is 18.6. The Morgan fingerprint density at radius 1 is 1.09 bits per heavy atom. The van der Waals surface area contributed by atoms with Crippen molar-refractivity contribution in [3.05, 3.63) is 69.2 Å². The maximum absolute atomic E-state index is 11.0. The summed E-state index contributed by atoms with van der Waals surface area (Å²) < 4.78 is 5.40. The largest absolute Gasteiger partial charge is 0.378 e. The zero-order valence-corrected chi connectivity index (χ0v) is 17.6. The van der Waals surface area contributed by atoms with Crippen LogP contribution in [0.4, 0.5) is 29.2 Å². The molecule has 1 aliphatic heterocycles. The van der Waals surface area contributed by atoms with Gasteiger partial charge in [-0.25, -0.2) is 5.43 Å². The lowest BCUT2D eigenvalue weighted by Gasteiger charge is -2.27. The molecule has 32 heavy (non-hydrogen) atoms. The molecule has 0 amide bonds. The number of para-hydroxylation sites is 1. The Labute approximate surface area is 188 Å². The van der Waals surface area contributed by atoms with Gasteiger partial charge in [-0.1, -0.05) is 29.8 Å².